The van der Waals surface area contributed by atoms with E-state index in [0.29, 0.717) is 12.3 Å². The molecule has 1 unspecified atom stereocenters. The smallest absolute Gasteiger partial charge is 0.150 e. The number of nitrogens with one attached hydrogen (secondary N) is 1. The molecule has 106 valence electrons. The minimum absolute atomic E-state index is 0.164. The number of hydrogen-bond acceptors (Lipinski definition) is 5. The van der Waals surface area contributed by atoms with E-state index in [1.54, 1.807) is 0 Å². The van der Waals surface area contributed by atoms with Crippen LogP contribution in [0.4, 0.5) is 5.82 Å². The highest BCUT2D eigenvalue weighted by atomic mass is 79.9. The fourth-order valence-electron chi connectivity index (χ4n) is 2.44. The summed E-state index contributed by atoms with van der Waals surface area (Å²) in [7, 11) is -2.83. The van der Waals surface area contributed by atoms with Gasteiger partial charge in [0.1, 0.15) is 12.1 Å². The predicted molar refractivity (Wildman–Crippen MR) is 82.5 cm³/mol. The van der Waals surface area contributed by atoms with Gasteiger partial charge in [-0.1, -0.05) is 15.9 Å². The Hall–Kier alpha value is -1.21. The Morgan fingerprint density at radius 1 is 1.35 bits per heavy atom. The second-order valence-corrected chi connectivity index (χ2v) is 8.18. The van der Waals surface area contributed by atoms with Crippen LogP contribution in [0.5, 0.6) is 0 Å². The number of halogens is 1. The molecule has 0 amide bonds. The van der Waals surface area contributed by atoms with Gasteiger partial charge in [-0.05, 0) is 30.5 Å². The van der Waals surface area contributed by atoms with Gasteiger partial charge in [-0.2, -0.15) is 0 Å². The molecule has 5 nitrogen and oxygen atoms in total. The lowest BCUT2D eigenvalue weighted by atomic mass is 10.1. The monoisotopic (exact) mass is 355 g/mol. The quantitative estimate of drug-likeness (QED) is 0.913. The van der Waals surface area contributed by atoms with Gasteiger partial charge in [0.2, 0.25) is 0 Å². The minimum atomic E-state index is -2.83. The van der Waals surface area contributed by atoms with Crippen molar-refractivity contribution in [3.05, 3.63) is 29.0 Å². The molecule has 1 fully saturated rings. The molecule has 20 heavy (non-hydrogen) atoms. The van der Waals surface area contributed by atoms with E-state index in [1.807, 2.05) is 18.2 Å². The summed E-state index contributed by atoms with van der Waals surface area (Å²) in [5.74, 6) is 1.49. The van der Waals surface area contributed by atoms with E-state index in [1.165, 1.54) is 6.33 Å². The summed E-state index contributed by atoms with van der Waals surface area (Å²) < 4.78 is 23.9. The highest BCUT2D eigenvalue weighted by Crippen LogP contribution is 2.24. The van der Waals surface area contributed by atoms with E-state index in [9.17, 15) is 8.42 Å². The summed E-state index contributed by atoms with van der Waals surface area (Å²) in [4.78, 5) is 8.47. The third-order valence-corrected chi connectivity index (χ3v) is 5.81. The summed E-state index contributed by atoms with van der Waals surface area (Å²) in [5, 5.41) is 4.19. The van der Waals surface area contributed by atoms with Crippen molar-refractivity contribution in [1.82, 2.24) is 9.97 Å². The third kappa shape index (κ3) is 2.93. The van der Waals surface area contributed by atoms with Crippen LogP contribution in [-0.4, -0.2) is 36.4 Å². The number of aromatic nitrogens is 2. The maximum Gasteiger partial charge on any atom is 0.150 e. The number of fused-ring (bicyclic) bond motifs is 1. The van der Waals surface area contributed by atoms with Gasteiger partial charge in [0.15, 0.2) is 9.84 Å². The molecule has 1 aliphatic rings. The lowest BCUT2D eigenvalue weighted by Crippen LogP contribution is -2.16. The number of anilines is 1. The van der Waals surface area contributed by atoms with Crippen molar-refractivity contribution < 1.29 is 8.42 Å². The van der Waals surface area contributed by atoms with Crippen LogP contribution in [0.15, 0.2) is 29.0 Å². The number of hydrogen-bond donors (Lipinski definition) is 1. The Balaban J connectivity index is 1.79. The average Bonchev–Trinajstić information content (AvgIpc) is 2.76. The number of rotatable bonds is 3. The van der Waals surface area contributed by atoms with Gasteiger partial charge in [-0.3, -0.25) is 0 Å². The molecule has 0 radical (unpaired) electrons. The van der Waals surface area contributed by atoms with Crippen LogP contribution in [0.1, 0.15) is 6.42 Å². The second kappa shape index (κ2) is 5.29. The summed E-state index contributed by atoms with van der Waals surface area (Å²) in [6, 6.07) is 5.82. The Morgan fingerprint density at radius 2 is 2.20 bits per heavy atom. The summed E-state index contributed by atoms with van der Waals surface area (Å²) in [5.41, 5.74) is 0.866. The van der Waals surface area contributed by atoms with Gasteiger partial charge in [0, 0.05) is 16.4 Å². The number of sulfone groups is 1. The first-order valence-corrected chi connectivity index (χ1v) is 8.99. The minimum Gasteiger partial charge on any atom is -0.369 e. The van der Waals surface area contributed by atoms with Crippen molar-refractivity contribution in [3.63, 3.8) is 0 Å². The van der Waals surface area contributed by atoms with Crippen molar-refractivity contribution in [1.29, 1.82) is 0 Å². The molecule has 1 N–H and O–H groups in total. The molecule has 2 aromatic rings. The molecule has 1 aromatic carbocycles. The van der Waals surface area contributed by atoms with E-state index in [0.717, 1.165) is 27.6 Å². The van der Waals surface area contributed by atoms with E-state index >= 15 is 0 Å². The summed E-state index contributed by atoms with van der Waals surface area (Å²) >= 11 is 3.44. The Bertz CT molecular complexity index is 748. The lowest BCUT2D eigenvalue weighted by Gasteiger charge is -2.11. The van der Waals surface area contributed by atoms with Crippen molar-refractivity contribution >= 4 is 42.5 Å². The van der Waals surface area contributed by atoms with Crippen LogP contribution >= 0.6 is 15.9 Å². The predicted octanol–water partition coefficient (Wildman–Crippen LogP) is 2.24. The second-order valence-electron chi connectivity index (χ2n) is 5.03. The van der Waals surface area contributed by atoms with Crippen LogP contribution < -0.4 is 5.32 Å². The van der Waals surface area contributed by atoms with Crippen LogP contribution in [0.25, 0.3) is 10.9 Å². The molecule has 1 aromatic heterocycles. The first-order valence-electron chi connectivity index (χ1n) is 6.38. The topological polar surface area (TPSA) is 72.0 Å². The molecule has 0 saturated carbocycles. The molecule has 1 saturated heterocycles. The first kappa shape index (κ1) is 13.8. The Morgan fingerprint density at radius 3 is 2.95 bits per heavy atom. The summed E-state index contributed by atoms with van der Waals surface area (Å²) in [6.45, 7) is 0.623. The molecule has 2 heterocycles. The largest absolute Gasteiger partial charge is 0.369 e. The molecular weight excluding hydrogens is 342 g/mol. The normalized spacial score (nSPS) is 21.1. The molecule has 0 bridgehead atoms. The van der Waals surface area contributed by atoms with E-state index in [2.05, 4.69) is 31.2 Å². The highest BCUT2D eigenvalue weighted by Gasteiger charge is 2.27. The van der Waals surface area contributed by atoms with Crippen molar-refractivity contribution in [3.8, 4) is 0 Å². The van der Waals surface area contributed by atoms with Crippen LogP contribution in [0.3, 0.4) is 0 Å². The molecule has 0 aliphatic carbocycles. The van der Waals surface area contributed by atoms with Crippen molar-refractivity contribution in [2.24, 2.45) is 5.92 Å². The Labute approximate surface area is 125 Å². The van der Waals surface area contributed by atoms with E-state index in [4.69, 9.17) is 0 Å². The molecule has 1 atom stereocenters. The number of benzene rings is 1. The molecule has 1 aliphatic heterocycles. The maximum atomic E-state index is 11.4. The average molecular weight is 356 g/mol. The van der Waals surface area contributed by atoms with Crippen molar-refractivity contribution in [2.45, 2.75) is 6.42 Å². The van der Waals surface area contributed by atoms with E-state index in [-0.39, 0.29) is 11.7 Å². The van der Waals surface area contributed by atoms with Gasteiger partial charge >= 0.3 is 0 Å². The fraction of sp³-hybridized carbons (Fsp3) is 0.385. The highest BCUT2D eigenvalue weighted by molar-refractivity contribution is 9.10. The Kier molecular flexibility index (Phi) is 3.64. The van der Waals surface area contributed by atoms with Gasteiger partial charge in [0.05, 0.1) is 17.0 Å². The fourth-order valence-corrected chi connectivity index (χ4v) is 4.67. The summed E-state index contributed by atoms with van der Waals surface area (Å²) in [6.07, 6.45) is 2.24. The zero-order chi connectivity index (χ0) is 14.2. The molecule has 7 heteroatoms. The standard InChI is InChI=1S/C13H14BrN3O2S/c14-10-1-2-12-11(5-10)13(17-8-16-12)15-6-9-3-4-20(18,19)7-9/h1-2,5,8-9H,3-4,6-7H2,(H,15,16,17). The van der Waals surface area contributed by atoms with E-state index < -0.39 is 9.84 Å². The van der Waals surface area contributed by atoms with Crippen LogP contribution in [-0.2, 0) is 9.84 Å². The zero-order valence-electron chi connectivity index (χ0n) is 10.7. The van der Waals surface area contributed by atoms with Gasteiger partial charge in [0.25, 0.3) is 0 Å². The number of nitrogens with zero attached hydrogens (tertiary/aromatic N) is 2. The van der Waals surface area contributed by atoms with Gasteiger partial charge in [-0.25, -0.2) is 18.4 Å². The van der Waals surface area contributed by atoms with Crippen molar-refractivity contribution in [2.75, 3.05) is 23.4 Å². The molecular formula is C13H14BrN3O2S. The van der Waals surface area contributed by atoms with Crippen LogP contribution in [0, 0.1) is 5.92 Å². The SMILES string of the molecule is O=S1(=O)CCC(CNc2ncnc3ccc(Br)cc23)C1. The molecule has 3 rings (SSSR count). The zero-order valence-corrected chi connectivity index (χ0v) is 13.1. The van der Waals surface area contributed by atoms with Crippen LogP contribution in [0.2, 0.25) is 0 Å². The first-order chi connectivity index (χ1) is 9.53. The molecule has 0 spiro atoms. The van der Waals surface area contributed by atoms with Gasteiger partial charge in [-0.15, -0.1) is 0 Å². The van der Waals surface area contributed by atoms with Gasteiger partial charge < -0.3 is 5.32 Å². The third-order valence-electron chi connectivity index (χ3n) is 3.48. The lowest BCUT2D eigenvalue weighted by molar-refractivity contribution is 0.596. The maximum absolute atomic E-state index is 11.4.